The van der Waals surface area contributed by atoms with E-state index in [0.717, 1.165) is 31.7 Å². The molecule has 1 aliphatic rings. The number of nitrogen functional groups attached to an aromatic ring is 1. The number of hydrogen-bond acceptors (Lipinski definition) is 4. The Labute approximate surface area is 86.7 Å². The van der Waals surface area contributed by atoms with Gasteiger partial charge in [0.1, 0.15) is 0 Å². The van der Waals surface area contributed by atoms with E-state index in [-0.39, 0.29) is 5.91 Å². The van der Waals surface area contributed by atoms with Gasteiger partial charge in [0.25, 0.3) is 5.91 Å². The van der Waals surface area contributed by atoms with Crippen LogP contribution >= 0.6 is 11.3 Å². The largest absolute Gasteiger partial charge is 0.391 e. The second kappa shape index (κ2) is 3.98. The number of carbonyl (C=O) groups excluding carboxylic acids is 1. The first-order chi connectivity index (χ1) is 6.77. The van der Waals surface area contributed by atoms with Crippen molar-refractivity contribution < 1.29 is 4.79 Å². The summed E-state index contributed by atoms with van der Waals surface area (Å²) in [5, 5.41) is 5.73. The van der Waals surface area contributed by atoms with Crippen LogP contribution in [-0.4, -0.2) is 37.0 Å². The summed E-state index contributed by atoms with van der Waals surface area (Å²) in [4.78, 5) is 13.7. The van der Waals surface area contributed by atoms with Crippen LogP contribution in [-0.2, 0) is 0 Å². The molecule has 0 spiro atoms. The predicted molar refractivity (Wildman–Crippen MR) is 57.5 cm³/mol. The van der Waals surface area contributed by atoms with Gasteiger partial charge in [-0.3, -0.25) is 4.79 Å². The highest BCUT2D eigenvalue weighted by Crippen LogP contribution is 2.18. The van der Waals surface area contributed by atoms with Crippen LogP contribution in [0, 0.1) is 0 Å². The molecule has 1 aromatic rings. The van der Waals surface area contributed by atoms with Gasteiger partial charge in [0, 0.05) is 31.6 Å². The number of nitrogens with zero attached hydrogens (tertiary/aromatic N) is 1. The summed E-state index contributed by atoms with van der Waals surface area (Å²) in [6.45, 7) is 3.33. The summed E-state index contributed by atoms with van der Waals surface area (Å²) >= 11 is 1.41. The number of nitrogens with one attached hydrogen (secondary N) is 1. The number of carbonyl (C=O) groups is 1. The van der Waals surface area contributed by atoms with Gasteiger partial charge in [0.15, 0.2) is 0 Å². The number of anilines is 1. The average Bonchev–Trinajstić information content (AvgIpc) is 2.65. The fourth-order valence-corrected chi connectivity index (χ4v) is 2.14. The lowest BCUT2D eigenvalue weighted by atomic mass is 10.2. The van der Waals surface area contributed by atoms with Gasteiger partial charge in [-0.15, -0.1) is 11.3 Å². The Kier molecular flexibility index (Phi) is 2.69. The molecule has 1 fully saturated rings. The van der Waals surface area contributed by atoms with Gasteiger partial charge in [-0.2, -0.15) is 0 Å². The lowest BCUT2D eigenvalue weighted by Gasteiger charge is -2.27. The van der Waals surface area contributed by atoms with Gasteiger partial charge in [-0.25, -0.2) is 0 Å². The van der Waals surface area contributed by atoms with Crippen LogP contribution in [0.15, 0.2) is 11.4 Å². The van der Waals surface area contributed by atoms with E-state index in [9.17, 15) is 4.79 Å². The first kappa shape index (κ1) is 9.48. The molecule has 3 N–H and O–H groups in total. The summed E-state index contributed by atoms with van der Waals surface area (Å²) < 4.78 is 0. The smallest absolute Gasteiger partial charge is 0.254 e. The lowest BCUT2D eigenvalue weighted by molar-refractivity contribution is 0.0736. The zero-order valence-electron chi connectivity index (χ0n) is 7.82. The van der Waals surface area contributed by atoms with Crippen LogP contribution in [0.25, 0.3) is 0 Å². The Morgan fingerprint density at radius 3 is 2.79 bits per heavy atom. The highest BCUT2D eigenvalue weighted by atomic mass is 32.1. The molecule has 0 aliphatic carbocycles. The number of rotatable bonds is 1. The molecule has 76 valence electrons. The van der Waals surface area contributed by atoms with E-state index in [1.807, 2.05) is 10.3 Å². The van der Waals surface area contributed by atoms with Crippen molar-refractivity contribution >= 4 is 22.2 Å². The van der Waals surface area contributed by atoms with E-state index < -0.39 is 0 Å². The summed E-state index contributed by atoms with van der Waals surface area (Å²) in [5.41, 5.74) is 6.30. The van der Waals surface area contributed by atoms with Crippen molar-refractivity contribution in [3.05, 3.63) is 17.0 Å². The van der Waals surface area contributed by atoms with Gasteiger partial charge < -0.3 is 16.0 Å². The summed E-state index contributed by atoms with van der Waals surface area (Å²) in [6, 6.07) is 1.75. The van der Waals surface area contributed by atoms with Crippen LogP contribution < -0.4 is 11.1 Å². The van der Waals surface area contributed by atoms with Gasteiger partial charge in [-0.1, -0.05) is 0 Å². The average molecular weight is 211 g/mol. The normalized spacial score (nSPS) is 17.0. The van der Waals surface area contributed by atoms with Gasteiger partial charge >= 0.3 is 0 Å². The summed E-state index contributed by atoms with van der Waals surface area (Å²) in [6.07, 6.45) is 0. The van der Waals surface area contributed by atoms with Crippen molar-refractivity contribution in [3.8, 4) is 0 Å². The second-order valence-electron chi connectivity index (χ2n) is 3.28. The molecule has 1 aromatic heterocycles. The van der Waals surface area contributed by atoms with Crippen molar-refractivity contribution in [3.63, 3.8) is 0 Å². The topological polar surface area (TPSA) is 58.4 Å². The Morgan fingerprint density at radius 1 is 1.50 bits per heavy atom. The van der Waals surface area contributed by atoms with E-state index >= 15 is 0 Å². The molecule has 4 nitrogen and oxygen atoms in total. The fraction of sp³-hybridized carbons (Fsp3) is 0.444. The molecule has 2 rings (SSSR count). The Hall–Kier alpha value is -1.07. The number of thiophene rings is 1. The monoisotopic (exact) mass is 211 g/mol. The number of nitrogens with two attached hydrogens (primary N) is 1. The highest BCUT2D eigenvalue weighted by Gasteiger charge is 2.18. The zero-order chi connectivity index (χ0) is 9.97. The minimum atomic E-state index is 0.0967. The van der Waals surface area contributed by atoms with Crippen LogP contribution in [0.2, 0.25) is 0 Å². The first-order valence-corrected chi connectivity index (χ1v) is 5.49. The van der Waals surface area contributed by atoms with Gasteiger partial charge in [-0.05, 0) is 6.07 Å². The van der Waals surface area contributed by atoms with Gasteiger partial charge in [0.2, 0.25) is 0 Å². The number of amides is 1. The predicted octanol–water partition coefficient (Wildman–Crippen LogP) is 0.376. The van der Waals surface area contributed by atoms with Crippen LogP contribution in [0.5, 0.6) is 0 Å². The fourth-order valence-electron chi connectivity index (χ4n) is 1.52. The lowest BCUT2D eigenvalue weighted by Crippen LogP contribution is -2.46. The maximum absolute atomic E-state index is 11.9. The molecular weight excluding hydrogens is 198 g/mol. The maximum Gasteiger partial charge on any atom is 0.254 e. The molecule has 0 unspecified atom stereocenters. The number of piperazine rings is 1. The molecule has 14 heavy (non-hydrogen) atoms. The Balaban J connectivity index is 2.07. The van der Waals surface area contributed by atoms with Crippen LogP contribution in [0.3, 0.4) is 0 Å². The summed E-state index contributed by atoms with van der Waals surface area (Å²) in [7, 11) is 0. The highest BCUT2D eigenvalue weighted by molar-refractivity contribution is 7.14. The van der Waals surface area contributed by atoms with Crippen molar-refractivity contribution in [2.24, 2.45) is 0 Å². The molecule has 2 heterocycles. The molecule has 0 atom stereocenters. The molecule has 1 amide bonds. The van der Waals surface area contributed by atoms with E-state index in [1.165, 1.54) is 11.3 Å². The van der Waals surface area contributed by atoms with E-state index in [2.05, 4.69) is 5.32 Å². The van der Waals surface area contributed by atoms with Crippen molar-refractivity contribution in [1.29, 1.82) is 0 Å². The Bertz CT molecular complexity index is 331. The van der Waals surface area contributed by atoms with Crippen molar-refractivity contribution in [2.45, 2.75) is 0 Å². The molecule has 0 aromatic carbocycles. The molecule has 1 aliphatic heterocycles. The van der Waals surface area contributed by atoms with Crippen LogP contribution in [0.1, 0.15) is 10.4 Å². The van der Waals surface area contributed by atoms with E-state index in [1.54, 1.807) is 6.07 Å². The molecular formula is C9H13N3OS. The minimum Gasteiger partial charge on any atom is -0.391 e. The van der Waals surface area contributed by atoms with Crippen LogP contribution in [0.4, 0.5) is 5.00 Å². The zero-order valence-corrected chi connectivity index (χ0v) is 8.64. The van der Waals surface area contributed by atoms with E-state index in [0.29, 0.717) is 5.00 Å². The molecule has 0 bridgehead atoms. The third kappa shape index (κ3) is 1.88. The summed E-state index contributed by atoms with van der Waals surface area (Å²) in [5.74, 6) is 0.0967. The second-order valence-corrected chi connectivity index (χ2v) is 4.22. The van der Waals surface area contributed by atoms with Crippen molar-refractivity contribution in [2.75, 3.05) is 31.9 Å². The molecule has 0 saturated carbocycles. The molecule has 1 saturated heterocycles. The van der Waals surface area contributed by atoms with Gasteiger partial charge in [0.05, 0.1) is 10.6 Å². The van der Waals surface area contributed by atoms with E-state index in [4.69, 9.17) is 5.73 Å². The maximum atomic E-state index is 11.9. The standard InChI is InChI=1S/C9H13N3OS/c10-8-5-7(6-14-8)9(13)12-3-1-11-2-4-12/h5-6,11H,1-4,10H2. The molecule has 0 radical (unpaired) electrons. The third-order valence-corrected chi connectivity index (χ3v) is 3.03. The van der Waals surface area contributed by atoms with Crippen molar-refractivity contribution in [1.82, 2.24) is 10.2 Å². The SMILES string of the molecule is Nc1cc(C(=O)N2CCNCC2)cs1. The number of hydrogen-bond donors (Lipinski definition) is 2. The third-order valence-electron chi connectivity index (χ3n) is 2.27. The minimum absolute atomic E-state index is 0.0967. The quantitative estimate of drug-likeness (QED) is 0.706. The molecule has 5 heteroatoms. The Morgan fingerprint density at radius 2 is 2.21 bits per heavy atom. The first-order valence-electron chi connectivity index (χ1n) is 4.61.